The number of aliphatic hydroxyl groups excluding tert-OH is 1. The number of H-pyrrole nitrogens is 1. The number of fused-ring (bicyclic) bond motifs is 1. The second kappa shape index (κ2) is 11.7. The molecule has 11 nitrogen and oxygen atoms in total. The second-order valence-electron chi connectivity index (χ2n) is 8.04. The number of anilines is 1. The molecule has 0 aliphatic rings. The highest BCUT2D eigenvalue weighted by Crippen LogP contribution is 2.11. The summed E-state index contributed by atoms with van der Waals surface area (Å²) in [7, 11) is 3.23. The number of benzene rings is 1. The number of imidazole rings is 1. The molecule has 2 heterocycles. The van der Waals surface area contributed by atoms with Gasteiger partial charge in [0.1, 0.15) is 24.2 Å². The molecular formula is C24H28N6O5. The average molecular weight is 481 g/mol. The molecule has 0 fully saturated rings. The van der Waals surface area contributed by atoms with Crippen LogP contribution < -0.4 is 16.2 Å². The van der Waals surface area contributed by atoms with E-state index in [-0.39, 0.29) is 24.6 Å². The van der Waals surface area contributed by atoms with Gasteiger partial charge in [-0.1, -0.05) is 18.2 Å². The first-order chi connectivity index (χ1) is 16.8. The highest BCUT2D eigenvalue weighted by atomic mass is 16.3. The molecule has 2 aromatic heterocycles. The lowest BCUT2D eigenvalue weighted by Gasteiger charge is -2.17. The van der Waals surface area contributed by atoms with E-state index in [1.165, 1.54) is 21.6 Å². The fourth-order valence-corrected chi connectivity index (χ4v) is 3.32. The SMILES string of the molecule is CN(C)C(=O)/C=C/CC[C@H](NC(=O)CO)C(=O)Nc1cccn(Cc2nc3ccccc3[nH]2)c1=O. The van der Waals surface area contributed by atoms with Gasteiger partial charge in [-0.15, -0.1) is 0 Å². The van der Waals surface area contributed by atoms with Crippen LogP contribution in [0.1, 0.15) is 18.7 Å². The van der Waals surface area contributed by atoms with Crippen LogP contribution in [0.5, 0.6) is 0 Å². The lowest BCUT2D eigenvalue weighted by molar-refractivity contribution is -0.128. The van der Waals surface area contributed by atoms with E-state index in [2.05, 4.69) is 20.6 Å². The minimum absolute atomic E-state index is 0.0372. The number of para-hydroxylation sites is 2. The van der Waals surface area contributed by atoms with Crippen LogP contribution in [0.3, 0.4) is 0 Å². The first kappa shape index (κ1) is 25.4. The molecule has 0 radical (unpaired) electrons. The predicted molar refractivity (Wildman–Crippen MR) is 131 cm³/mol. The van der Waals surface area contributed by atoms with Crippen molar-refractivity contribution in [1.29, 1.82) is 0 Å². The summed E-state index contributed by atoms with van der Waals surface area (Å²) in [5.74, 6) is -0.963. The molecule has 3 aromatic rings. The number of carbonyl (C=O) groups is 3. The maximum absolute atomic E-state index is 13.0. The molecule has 0 saturated carbocycles. The molecule has 3 rings (SSSR count). The summed E-state index contributed by atoms with van der Waals surface area (Å²) in [5, 5.41) is 14.1. The van der Waals surface area contributed by atoms with E-state index in [4.69, 9.17) is 5.11 Å². The summed E-state index contributed by atoms with van der Waals surface area (Å²) >= 11 is 0. The van der Waals surface area contributed by atoms with Gasteiger partial charge in [0.15, 0.2) is 0 Å². The minimum Gasteiger partial charge on any atom is -0.387 e. The van der Waals surface area contributed by atoms with E-state index >= 15 is 0 Å². The molecule has 0 unspecified atom stereocenters. The number of aromatic amines is 1. The highest BCUT2D eigenvalue weighted by Gasteiger charge is 2.21. The fourth-order valence-electron chi connectivity index (χ4n) is 3.32. The number of carbonyl (C=O) groups excluding carboxylic acids is 3. The fraction of sp³-hybridized carbons (Fsp3) is 0.292. The molecule has 0 bridgehead atoms. The summed E-state index contributed by atoms with van der Waals surface area (Å²) in [6.45, 7) is -0.610. The van der Waals surface area contributed by atoms with Crippen molar-refractivity contribution in [2.75, 3.05) is 26.0 Å². The number of allylic oxidation sites excluding steroid dienone is 1. The summed E-state index contributed by atoms with van der Waals surface area (Å²) < 4.78 is 1.41. The zero-order valence-electron chi connectivity index (χ0n) is 19.5. The maximum atomic E-state index is 13.0. The number of nitrogens with one attached hydrogen (secondary N) is 3. The molecule has 11 heteroatoms. The van der Waals surface area contributed by atoms with Gasteiger partial charge in [0.05, 0.1) is 17.6 Å². The van der Waals surface area contributed by atoms with Gasteiger partial charge in [0.25, 0.3) is 5.56 Å². The van der Waals surface area contributed by atoms with Crippen LogP contribution in [-0.4, -0.2) is 69.0 Å². The Morgan fingerprint density at radius 3 is 2.69 bits per heavy atom. The average Bonchev–Trinajstić information content (AvgIpc) is 3.25. The van der Waals surface area contributed by atoms with Gasteiger partial charge < -0.3 is 30.2 Å². The zero-order chi connectivity index (χ0) is 25.4. The lowest BCUT2D eigenvalue weighted by Crippen LogP contribution is -2.45. The van der Waals surface area contributed by atoms with Gasteiger partial charge in [0, 0.05) is 20.3 Å². The third-order valence-corrected chi connectivity index (χ3v) is 5.16. The number of hydrogen-bond acceptors (Lipinski definition) is 6. The molecule has 3 amide bonds. The number of likely N-dealkylation sites (N-methyl/N-ethyl adjacent to an activating group) is 1. The molecule has 35 heavy (non-hydrogen) atoms. The van der Waals surface area contributed by atoms with Crippen LogP contribution in [0.4, 0.5) is 5.69 Å². The van der Waals surface area contributed by atoms with Crippen molar-refractivity contribution in [2.24, 2.45) is 0 Å². The lowest BCUT2D eigenvalue weighted by atomic mass is 10.1. The largest absolute Gasteiger partial charge is 0.387 e. The predicted octanol–water partition coefficient (Wildman–Crippen LogP) is 0.613. The molecule has 0 spiro atoms. The number of pyridine rings is 1. The number of aromatic nitrogens is 3. The van der Waals surface area contributed by atoms with Gasteiger partial charge in [-0.3, -0.25) is 19.2 Å². The summed E-state index contributed by atoms with van der Waals surface area (Å²) in [6.07, 6.45) is 5.03. The topological polar surface area (TPSA) is 149 Å². The van der Waals surface area contributed by atoms with Crippen LogP contribution in [-0.2, 0) is 20.9 Å². The molecule has 0 aliphatic heterocycles. The molecule has 1 atom stereocenters. The quantitative estimate of drug-likeness (QED) is 0.313. The number of amides is 3. The van der Waals surface area contributed by atoms with E-state index in [0.29, 0.717) is 12.2 Å². The Morgan fingerprint density at radius 1 is 1.20 bits per heavy atom. The van der Waals surface area contributed by atoms with Crippen molar-refractivity contribution in [1.82, 2.24) is 24.8 Å². The monoisotopic (exact) mass is 480 g/mol. The summed E-state index contributed by atoms with van der Waals surface area (Å²) in [5.41, 5.74) is 1.23. The Labute approximate surface area is 201 Å². The Kier molecular flexibility index (Phi) is 8.52. The molecule has 4 N–H and O–H groups in total. The number of hydrogen-bond donors (Lipinski definition) is 4. The first-order valence-corrected chi connectivity index (χ1v) is 11.0. The Balaban J connectivity index is 1.71. The number of aliphatic hydroxyl groups is 1. The van der Waals surface area contributed by atoms with E-state index < -0.39 is 30.0 Å². The van der Waals surface area contributed by atoms with Crippen molar-refractivity contribution >= 4 is 34.4 Å². The van der Waals surface area contributed by atoms with Crippen molar-refractivity contribution in [3.63, 3.8) is 0 Å². The maximum Gasteiger partial charge on any atom is 0.274 e. The van der Waals surface area contributed by atoms with Crippen LogP contribution >= 0.6 is 0 Å². The Morgan fingerprint density at radius 2 is 1.97 bits per heavy atom. The van der Waals surface area contributed by atoms with Crippen molar-refractivity contribution in [2.45, 2.75) is 25.4 Å². The Bertz CT molecular complexity index is 1260. The van der Waals surface area contributed by atoms with Gasteiger partial charge >= 0.3 is 0 Å². The van der Waals surface area contributed by atoms with Crippen molar-refractivity contribution in [3.05, 3.63) is 70.9 Å². The summed E-state index contributed by atoms with van der Waals surface area (Å²) in [6, 6.07) is 9.58. The van der Waals surface area contributed by atoms with Gasteiger partial charge in [-0.25, -0.2) is 4.98 Å². The van der Waals surface area contributed by atoms with Crippen molar-refractivity contribution < 1.29 is 19.5 Å². The number of nitrogens with zero attached hydrogens (tertiary/aromatic N) is 3. The highest BCUT2D eigenvalue weighted by molar-refractivity contribution is 5.97. The first-order valence-electron chi connectivity index (χ1n) is 11.0. The van der Waals surface area contributed by atoms with E-state index in [1.54, 1.807) is 32.4 Å². The minimum atomic E-state index is -1.02. The van der Waals surface area contributed by atoms with Gasteiger partial charge in [-0.05, 0) is 43.2 Å². The van der Waals surface area contributed by atoms with E-state index in [1.807, 2.05) is 24.3 Å². The molecule has 0 aliphatic carbocycles. The molecular weight excluding hydrogens is 452 g/mol. The van der Waals surface area contributed by atoms with E-state index in [9.17, 15) is 19.2 Å². The summed E-state index contributed by atoms with van der Waals surface area (Å²) in [4.78, 5) is 58.2. The normalized spacial score (nSPS) is 12.0. The molecule has 0 saturated heterocycles. The van der Waals surface area contributed by atoms with Gasteiger partial charge in [0.2, 0.25) is 17.7 Å². The van der Waals surface area contributed by atoms with Gasteiger partial charge in [-0.2, -0.15) is 0 Å². The standard InChI is InChI=1S/C24H28N6O5/c1-29(2)22(33)12-6-5-10-18(27-21(32)15-31)23(34)28-19-11-7-13-30(24(19)35)14-20-25-16-8-3-4-9-17(16)26-20/h3-4,6-9,11-13,18,31H,5,10,14-15H2,1-2H3,(H,25,26)(H,27,32)(H,28,34)/b12-6+/t18-/m0/s1. The Hall–Kier alpha value is -4.25. The zero-order valence-corrected chi connectivity index (χ0v) is 19.5. The third kappa shape index (κ3) is 6.87. The number of rotatable bonds is 10. The van der Waals surface area contributed by atoms with Crippen LogP contribution in [0.15, 0.2) is 59.5 Å². The van der Waals surface area contributed by atoms with Crippen molar-refractivity contribution in [3.8, 4) is 0 Å². The van der Waals surface area contributed by atoms with Crippen LogP contribution in [0.2, 0.25) is 0 Å². The van der Waals surface area contributed by atoms with E-state index in [0.717, 1.165) is 11.0 Å². The smallest absolute Gasteiger partial charge is 0.274 e. The molecule has 184 valence electrons. The van der Waals surface area contributed by atoms with Crippen LogP contribution in [0.25, 0.3) is 11.0 Å². The van der Waals surface area contributed by atoms with Crippen LogP contribution in [0, 0.1) is 0 Å². The molecule has 1 aromatic carbocycles. The second-order valence-corrected chi connectivity index (χ2v) is 8.04. The third-order valence-electron chi connectivity index (χ3n) is 5.16.